The highest BCUT2D eigenvalue weighted by molar-refractivity contribution is 7.80. The zero-order chi connectivity index (χ0) is 15.9. The van der Waals surface area contributed by atoms with Crippen molar-refractivity contribution in [3.63, 3.8) is 0 Å². The molecule has 1 aliphatic rings. The largest absolute Gasteiger partial charge is 0.328 e. The van der Waals surface area contributed by atoms with Gasteiger partial charge in [0.1, 0.15) is 5.70 Å². The molecule has 112 valence electrons. The van der Waals surface area contributed by atoms with Gasteiger partial charge in [-0.3, -0.25) is 10.1 Å². The Morgan fingerprint density at radius 1 is 1.23 bits per heavy atom. The normalized spacial score (nSPS) is 16.0. The molecular weight excluding hydrogens is 318 g/mol. The lowest BCUT2D eigenvalue weighted by molar-refractivity contribution is -0.115. The smallest absolute Gasteiger partial charge is 0.273 e. The summed E-state index contributed by atoms with van der Waals surface area (Å²) in [5.74, 6) is -0.211. The average Bonchev–Trinajstić information content (AvgIpc) is 2.90. The molecule has 0 aliphatic carbocycles. The Bertz CT molecular complexity index is 823. The third-order valence-electron chi connectivity index (χ3n) is 3.56. The maximum Gasteiger partial charge on any atom is 0.273 e. The quantitative estimate of drug-likeness (QED) is 0.656. The van der Waals surface area contributed by atoms with E-state index in [0.29, 0.717) is 15.8 Å². The maximum atomic E-state index is 11.8. The zero-order valence-corrected chi connectivity index (χ0v) is 13.7. The van der Waals surface area contributed by atoms with Crippen LogP contribution in [0.3, 0.4) is 0 Å². The summed E-state index contributed by atoms with van der Waals surface area (Å²) in [5.41, 5.74) is 4.50. The van der Waals surface area contributed by atoms with E-state index >= 15 is 0 Å². The summed E-state index contributed by atoms with van der Waals surface area (Å²) in [6, 6.07) is 9.70. The Morgan fingerprint density at radius 2 is 2.00 bits per heavy atom. The summed E-state index contributed by atoms with van der Waals surface area (Å²) in [4.78, 5) is 11.8. The highest BCUT2D eigenvalue weighted by Crippen LogP contribution is 2.24. The van der Waals surface area contributed by atoms with Crippen molar-refractivity contribution in [1.82, 2.24) is 15.2 Å². The number of hydrogen-bond donors (Lipinski definition) is 2. The first kappa shape index (κ1) is 14.8. The highest BCUT2D eigenvalue weighted by Gasteiger charge is 2.21. The maximum absolute atomic E-state index is 11.8. The van der Waals surface area contributed by atoms with Crippen molar-refractivity contribution in [3.05, 3.63) is 58.0 Å². The lowest BCUT2D eigenvalue weighted by Crippen LogP contribution is -2.21. The van der Waals surface area contributed by atoms with Crippen LogP contribution >= 0.6 is 23.8 Å². The van der Waals surface area contributed by atoms with Crippen molar-refractivity contribution in [2.24, 2.45) is 0 Å². The van der Waals surface area contributed by atoms with Crippen molar-refractivity contribution in [2.75, 3.05) is 0 Å². The van der Waals surface area contributed by atoms with E-state index < -0.39 is 0 Å². The molecule has 1 fully saturated rings. The first-order valence-corrected chi connectivity index (χ1v) is 7.53. The molecule has 4 nitrogen and oxygen atoms in total. The number of aromatic nitrogens is 1. The molecule has 1 aromatic heterocycles. The second-order valence-corrected chi connectivity index (χ2v) is 5.95. The monoisotopic (exact) mass is 331 g/mol. The van der Waals surface area contributed by atoms with Gasteiger partial charge in [0.15, 0.2) is 5.11 Å². The number of aryl methyl sites for hydroxylation is 1. The number of carbonyl (C=O) groups is 1. The number of amides is 1. The third kappa shape index (κ3) is 2.65. The fraction of sp³-hybridized carbons (Fsp3) is 0.125. The van der Waals surface area contributed by atoms with E-state index in [9.17, 15) is 4.79 Å². The first-order valence-electron chi connectivity index (χ1n) is 6.74. The SMILES string of the molecule is Cc1cc(/C=C2\NC(=S)NC2=O)c(C)n1-c1cccc(Cl)c1. The number of rotatable bonds is 2. The Morgan fingerprint density at radius 3 is 2.64 bits per heavy atom. The molecule has 2 heterocycles. The molecule has 1 amide bonds. The van der Waals surface area contributed by atoms with Gasteiger partial charge in [-0.05, 0) is 62.0 Å². The Labute approximate surface area is 138 Å². The minimum absolute atomic E-state index is 0.211. The van der Waals surface area contributed by atoms with Gasteiger partial charge in [0.25, 0.3) is 5.91 Å². The van der Waals surface area contributed by atoms with E-state index in [1.54, 1.807) is 6.08 Å². The van der Waals surface area contributed by atoms with E-state index in [1.165, 1.54) is 0 Å². The number of halogens is 1. The van der Waals surface area contributed by atoms with Gasteiger partial charge in [0.05, 0.1) is 0 Å². The predicted octanol–water partition coefficient (Wildman–Crippen LogP) is 3.09. The second kappa shape index (κ2) is 5.59. The zero-order valence-electron chi connectivity index (χ0n) is 12.1. The van der Waals surface area contributed by atoms with Crippen LogP contribution in [0.4, 0.5) is 0 Å². The summed E-state index contributed by atoms with van der Waals surface area (Å²) in [7, 11) is 0. The van der Waals surface area contributed by atoms with Crippen LogP contribution in [0.15, 0.2) is 36.0 Å². The van der Waals surface area contributed by atoms with Crippen LogP contribution in [-0.2, 0) is 4.79 Å². The Kier molecular flexibility index (Phi) is 3.76. The van der Waals surface area contributed by atoms with Crippen LogP contribution in [-0.4, -0.2) is 15.6 Å². The summed E-state index contributed by atoms with van der Waals surface area (Å²) in [6.07, 6.45) is 1.80. The second-order valence-electron chi connectivity index (χ2n) is 5.11. The molecule has 0 atom stereocenters. The van der Waals surface area contributed by atoms with Crippen molar-refractivity contribution < 1.29 is 4.79 Å². The van der Waals surface area contributed by atoms with Crippen LogP contribution < -0.4 is 10.6 Å². The molecule has 0 radical (unpaired) electrons. The van der Waals surface area contributed by atoms with E-state index in [4.69, 9.17) is 23.8 Å². The molecule has 0 bridgehead atoms. The molecule has 6 heteroatoms. The fourth-order valence-corrected chi connectivity index (χ4v) is 2.97. The molecule has 0 saturated carbocycles. The van der Waals surface area contributed by atoms with Gasteiger partial charge in [-0.15, -0.1) is 0 Å². The van der Waals surface area contributed by atoms with Crippen molar-refractivity contribution in [2.45, 2.75) is 13.8 Å². The van der Waals surface area contributed by atoms with E-state index in [0.717, 1.165) is 22.6 Å². The number of thiocarbonyl (C=S) groups is 1. The lowest BCUT2D eigenvalue weighted by Gasteiger charge is -2.10. The number of hydrogen-bond acceptors (Lipinski definition) is 2. The molecule has 0 spiro atoms. The molecule has 3 rings (SSSR count). The predicted molar refractivity (Wildman–Crippen MR) is 92.1 cm³/mol. The molecule has 1 aliphatic heterocycles. The molecule has 2 aromatic rings. The first-order chi connectivity index (χ1) is 10.5. The minimum Gasteiger partial charge on any atom is -0.328 e. The highest BCUT2D eigenvalue weighted by atomic mass is 35.5. The van der Waals surface area contributed by atoms with E-state index in [2.05, 4.69) is 15.2 Å². The molecule has 1 aromatic carbocycles. The van der Waals surface area contributed by atoms with Gasteiger partial charge in [-0.1, -0.05) is 17.7 Å². The third-order valence-corrected chi connectivity index (χ3v) is 4.00. The lowest BCUT2D eigenvalue weighted by atomic mass is 10.2. The average molecular weight is 332 g/mol. The Balaban J connectivity index is 2.06. The molecule has 22 heavy (non-hydrogen) atoms. The van der Waals surface area contributed by atoms with Gasteiger partial charge in [0.2, 0.25) is 0 Å². The fourth-order valence-electron chi connectivity index (χ4n) is 2.58. The molecule has 2 N–H and O–H groups in total. The summed E-state index contributed by atoms with van der Waals surface area (Å²) in [5, 5.41) is 6.43. The molecule has 0 unspecified atom stereocenters. The standard InChI is InChI=1S/C16H14ClN3OS/c1-9-6-11(7-14-15(21)19-16(22)18-14)10(2)20(9)13-5-3-4-12(17)8-13/h3-8H,1-2H3,(H2,18,19,21,22)/b14-7-. The molecule has 1 saturated heterocycles. The van der Waals surface area contributed by atoms with Gasteiger partial charge < -0.3 is 9.88 Å². The van der Waals surface area contributed by atoms with Crippen molar-refractivity contribution in [1.29, 1.82) is 0 Å². The van der Waals surface area contributed by atoms with Crippen molar-refractivity contribution >= 4 is 40.9 Å². The van der Waals surface area contributed by atoms with Gasteiger partial charge in [-0.2, -0.15) is 0 Å². The number of carbonyl (C=O) groups excluding carboxylic acids is 1. The van der Waals surface area contributed by atoms with Crippen LogP contribution in [0.5, 0.6) is 0 Å². The van der Waals surface area contributed by atoms with Crippen LogP contribution in [0.1, 0.15) is 17.0 Å². The summed E-state index contributed by atoms with van der Waals surface area (Å²) >= 11 is 11.0. The summed E-state index contributed by atoms with van der Waals surface area (Å²) in [6.45, 7) is 4.02. The van der Waals surface area contributed by atoms with Gasteiger partial charge in [0, 0.05) is 22.1 Å². The minimum atomic E-state index is -0.211. The van der Waals surface area contributed by atoms with Crippen LogP contribution in [0, 0.1) is 13.8 Å². The van der Waals surface area contributed by atoms with Crippen LogP contribution in [0.2, 0.25) is 5.02 Å². The Hall–Kier alpha value is -2.11. The van der Waals surface area contributed by atoms with E-state index in [-0.39, 0.29) is 5.91 Å². The van der Waals surface area contributed by atoms with Crippen molar-refractivity contribution in [3.8, 4) is 5.69 Å². The molecular formula is C16H14ClN3OS. The number of nitrogens with one attached hydrogen (secondary N) is 2. The van der Waals surface area contributed by atoms with Gasteiger partial charge >= 0.3 is 0 Å². The van der Waals surface area contributed by atoms with E-state index in [1.807, 2.05) is 44.2 Å². The topological polar surface area (TPSA) is 46.1 Å². The number of nitrogens with zero attached hydrogens (tertiary/aromatic N) is 1. The number of benzene rings is 1. The summed E-state index contributed by atoms with van der Waals surface area (Å²) < 4.78 is 2.10. The van der Waals surface area contributed by atoms with Crippen LogP contribution in [0.25, 0.3) is 11.8 Å². The van der Waals surface area contributed by atoms with Gasteiger partial charge in [-0.25, -0.2) is 0 Å².